The van der Waals surface area contributed by atoms with E-state index in [-0.39, 0.29) is 5.75 Å². The summed E-state index contributed by atoms with van der Waals surface area (Å²) in [6.45, 7) is 6.74. The Kier molecular flexibility index (Phi) is 4.52. The lowest BCUT2D eigenvalue weighted by Gasteiger charge is -2.04. The number of hydrogen-bond donors (Lipinski definition) is 2. The smallest absolute Gasteiger partial charge is 0.115 e. The second-order valence-electron chi connectivity index (χ2n) is 5.10. The molecule has 0 radical (unpaired) electrons. The summed E-state index contributed by atoms with van der Waals surface area (Å²) in [6, 6.07) is 7.12. The van der Waals surface area contributed by atoms with Crippen molar-refractivity contribution in [3.63, 3.8) is 0 Å². The minimum atomic E-state index is 0.279. The third kappa shape index (κ3) is 4.37. The molecule has 102 valence electrons. The van der Waals surface area contributed by atoms with Gasteiger partial charge in [0.2, 0.25) is 0 Å². The number of phenolic OH excluding ortho intramolecular Hbond substituents is 1. The quantitative estimate of drug-likeness (QED) is 0.831. The number of benzene rings is 1. The van der Waals surface area contributed by atoms with Crippen LogP contribution in [-0.4, -0.2) is 26.6 Å². The molecule has 1 aromatic heterocycles. The van der Waals surface area contributed by atoms with E-state index in [1.54, 1.807) is 16.8 Å². The van der Waals surface area contributed by atoms with E-state index in [0.717, 1.165) is 24.3 Å². The van der Waals surface area contributed by atoms with Crippen LogP contribution < -0.4 is 5.32 Å². The van der Waals surface area contributed by atoms with Crippen LogP contribution in [0.15, 0.2) is 30.5 Å². The molecule has 2 rings (SSSR count). The second kappa shape index (κ2) is 6.33. The lowest BCUT2D eigenvalue weighted by atomic mass is 10.2. The van der Waals surface area contributed by atoms with Gasteiger partial charge in [0.15, 0.2) is 0 Å². The van der Waals surface area contributed by atoms with Gasteiger partial charge in [-0.05, 0) is 30.2 Å². The van der Waals surface area contributed by atoms with Crippen molar-refractivity contribution in [1.82, 2.24) is 20.3 Å². The molecule has 0 aliphatic carbocycles. The first-order valence-electron chi connectivity index (χ1n) is 6.51. The Morgan fingerprint density at radius 3 is 2.68 bits per heavy atom. The molecule has 0 unspecified atom stereocenters. The summed E-state index contributed by atoms with van der Waals surface area (Å²) in [6.07, 6.45) is 1.94. The molecule has 1 aromatic carbocycles. The zero-order valence-electron chi connectivity index (χ0n) is 11.4. The largest absolute Gasteiger partial charge is 0.508 e. The van der Waals surface area contributed by atoms with Crippen molar-refractivity contribution >= 4 is 0 Å². The highest BCUT2D eigenvalue weighted by Crippen LogP contribution is 2.10. The number of nitrogens with zero attached hydrogens (tertiary/aromatic N) is 3. The van der Waals surface area contributed by atoms with Gasteiger partial charge in [-0.15, -0.1) is 5.10 Å². The summed E-state index contributed by atoms with van der Waals surface area (Å²) in [5.41, 5.74) is 2.03. The van der Waals surface area contributed by atoms with Crippen LogP contribution in [-0.2, 0) is 13.1 Å². The van der Waals surface area contributed by atoms with Crippen molar-refractivity contribution in [2.75, 3.05) is 6.54 Å². The summed E-state index contributed by atoms with van der Waals surface area (Å²) in [4.78, 5) is 0. The van der Waals surface area contributed by atoms with Gasteiger partial charge in [0.05, 0.1) is 18.4 Å². The fraction of sp³-hybridized carbons (Fsp3) is 0.429. The molecule has 0 aliphatic heterocycles. The third-order valence-corrected chi connectivity index (χ3v) is 2.73. The molecule has 2 aromatic rings. The maximum Gasteiger partial charge on any atom is 0.115 e. The Bertz CT molecular complexity index is 504. The van der Waals surface area contributed by atoms with Crippen LogP contribution in [0.4, 0.5) is 0 Å². The van der Waals surface area contributed by atoms with Crippen molar-refractivity contribution in [1.29, 1.82) is 0 Å². The number of phenols is 1. The van der Waals surface area contributed by atoms with Crippen LogP contribution in [0, 0.1) is 5.92 Å². The fourth-order valence-corrected chi connectivity index (χ4v) is 1.77. The van der Waals surface area contributed by atoms with Crippen molar-refractivity contribution < 1.29 is 5.11 Å². The normalized spacial score (nSPS) is 11.1. The van der Waals surface area contributed by atoms with Crippen molar-refractivity contribution in [3.8, 4) is 5.75 Å². The zero-order valence-corrected chi connectivity index (χ0v) is 11.4. The van der Waals surface area contributed by atoms with Crippen LogP contribution in [0.25, 0.3) is 0 Å². The summed E-state index contributed by atoms with van der Waals surface area (Å²) >= 11 is 0. The SMILES string of the molecule is CC(C)CNCc1cn(Cc2ccc(O)cc2)nn1. The summed E-state index contributed by atoms with van der Waals surface area (Å²) in [7, 11) is 0. The Balaban J connectivity index is 1.88. The van der Waals surface area contributed by atoms with E-state index in [0.29, 0.717) is 12.5 Å². The second-order valence-corrected chi connectivity index (χ2v) is 5.10. The average molecular weight is 260 g/mol. The first-order valence-corrected chi connectivity index (χ1v) is 6.51. The Morgan fingerprint density at radius 1 is 1.26 bits per heavy atom. The van der Waals surface area contributed by atoms with E-state index in [2.05, 4.69) is 29.5 Å². The molecule has 0 saturated carbocycles. The molecule has 0 amide bonds. The molecule has 2 N–H and O–H groups in total. The molecule has 19 heavy (non-hydrogen) atoms. The van der Waals surface area contributed by atoms with Gasteiger partial charge in [-0.3, -0.25) is 0 Å². The van der Waals surface area contributed by atoms with Gasteiger partial charge in [-0.25, -0.2) is 4.68 Å². The van der Waals surface area contributed by atoms with Crippen molar-refractivity contribution in [3.05, 3.63) is 41.7 Å². The van der Waals surface area contributed by atoms with Gasteiger partial charge in [-0.1, -0.05) is 31.2 Å². The zero-order chi connectivity index (χ0) is 13.7. The number of aromatic nitrogens is 3. The van der Waals surface area contributed by atoms with E-state index < -0.39 is 0 Å². The average Bonchev–Trinajstić information content (AvgIpc) is 2.79. The molecule has 0 saturated heterocycles. The molecular formula is C14H20N4O. The molecular weight excluding hydrogens is 240 g/mol. The number of rotatable bonds is 6. The monoisotopic (exact) mass is 260 g/mol. The highest BCUT2D eigenvalue weighted by molar-refractivity contribution is 5.25. The lowest BCUT2D eigenvalue weighted by molar-refractivity contribution is 0.475. The number of aromatic hydroxyl groups is 1. The van der Waals surface area contributed by atoms with Gasteiger partial charge in [0, 0.05) is 6.54 Å². The van der Waals surface area contributed by atoms with Gasteiger partial charge < -0.3 is 10.4 Å². The van der Waals surface area contributed by atoms with E-state index in [4.69, 9.17) is 0 Å². The first-order chi connectivity index (χ1) is 9.13. The minimum absolute atomic E-state index is 0.279. The number of hydrogen-bond acceptors (Lipinski definition) is 4. The fourth-order valence-electron chi connectivity index (χ4n) is 1.77. The van der Waals surface area contributed by atoms with Crippen LogP contribution in [0.3, 0.4) is 0 Å². The molecule has 0 fully saturated rings. The van der Waals surface area contributed by atoms with E-state index in [1.807, 2.05) is 18.3 Å². The molecule has 0 aliphatic rings. The summed E-state index contributed by atoms with van der Waals surface area (Å²) in [5, 5.41) is 20.8. The van der Waals surface area contributed by atoms with E-state index in [1.165, 1.54) is 0 Å². The molecule has 0 spiro atoms. The van der Waals surface area contributed by atoms with Crippen molar-refractivity contribution in [2.24, 2.45) is 5.92 Å². The highest BCUT2D eigenvalue weighted by Gasteiger charge is 2.02. The maximum atomic E-state index is 9.23. The Morgan fingerprint density at radius 2 is 2.00 bits per heavy atom. The molecule has 1 heterocycles. The Labute approximate surface area is 113 Å². The molecule has 0 atom stereocenters. The van der Waals surface area contributed by atoms with Gasteiger partial charge in [-0.2, -0.15) is 0 Å². The van der Waals surface area contributed by atoms with Crippen LogP contribution in [0.5, 0.6) is 5.75 Å². The predicted molar refractivity (Wildman–Crippen MR) is 73.8 cm³/mol. The van der Waals surface area contributed by atoms with Crippen LogP contribution >= 0.6 is 0 Å². The molecule has 5 heteroatoms. The Hall–Kier alpha value is -1.88. The minimum Gasteiger partial charge on any atom is -0.508 e. The standard InChI is InChI=1S/C14H20N4O/c1-11(2)7-15-8-13-10-18(17-16-13)9-12-3-5-14(19)6-4-12/h3-6,10-11,15,19H,7-9H2,1-2H3. The highest BCUT2D eigenvalue weighted by atomic mass is 16.3. The molecule has 0 bridgehead atoms. The van der Waals surface area contributed by atoms with Crippen molar-refractivity contribution in [2.45, 2.75) is 26.9 Å². The maximum absolute atomic E-state index is 9.23. The predicted octanol–water partition coefficient (Wildman–Crippen LogP) is 1.78. The van der Waals surface area contributed by atoms with Gasteiger partial charge in [0.1, 0.15) is 5.75 Å². The van der Waals surface area contributed by atoms with Crippen LogP contribution in [0.1, 0.15) is 25.1 Å². The molecule has 5 nitrogen and oxygen atoms in total. The summed E-state index contributed by atoms with van der Waals surface area (Å²) < 4.78 is 1.80. The number of nitrogens with one attached hydrogen (secondary N) is 1. The van der Waals surface area contributed by atoms with Gasteiger partial charge >= 0.3 is 0 Å². The van der Waals surface area contributed by atoms with Gasteiger partial charge in [0.25, 0.3) is 0 Å². The first kappa shape index (κ1) is 13.5. The third-order valence-electron chi connectivity index (χ3n) is 2.73. The van der Waals surface area contributed by atoms with Crippen LogP contribution in [0.2, 0.25) is 0 Å². The summed E-state index contributed by atoms with van der Waals surface area (Å²) in [5.74, 6) is 0.910. The van der Waals surface area contributed by atoms with E-state index >= 15 is 0 Å². The lowest BCUT2D eigenvalue weighted by Crippen LogP contribution is -2.19. The van der Waals surface area contributed by atoms with E-state index in [9.17, 15) is 5.11 Å². The topological polar surface area (TPSA) is 63.0 Å².